The fraction of sp³-hybridized carbons (Fsp3) is 0.333. The minimum atomic E-state index is -4.08. The van der Waals surface area contributed by atoms with E-state index < -0.39 is 34.1 Å². The first-order valence-electron chi connectivity index (χ1n) is 12.7. The molecule has 0 saturated carbocycles. The number of carbonyl (C=O) groups excluding carboxylic acids is 2. The predicted octanol–water partition coefficient (Wildman–Crippen LogP) is 4.53. The zero-order valence-electron chi connectivity index (χ0n) is 23.3. The summed E-state index contributed by atoms with van der Waals surface area (Å²) >= 11 is 0. The number of nitrogens with zero attached hydrogens (tertiary/aromatic N) is 2. The molecule has 3 rings (SSSR count). The SMILES string of the molecule is COc1ccc(CN(C(=O)CN(c2ccc(C)cc2)S(=O)(=O)c2ccccc2)C(C)C(=O)NC(C)(C)C)cc1. The first kappa shape index (κ1) is 29.7. The number of anilines is 1. The van der Waals surface area contributed by atoms with Crippen LogP contribution in [0.1, 0.15) is 38.8 Å². The van der Waals surface area contributed by atoms with Gasteiger partial charge >= 0.3 is 0 Å². The average molecular weight is 552 g/mol. The maximum atomic E-state index is 13.9. The summed E-state index contributed by atoms with van der Waals surface area (Å²) in [5.41, 5.74) is 1.57. The van der Waals surface area contributed by atoms with Crippen LogP contribution < -0.4 is 14.4 Å². The number of hydrogen-bond acceptors (Lipinski definition) is 5. The molecule has 0 aliphatic rings. The van der Waals surface area contributed by atoms with Crippen molar-refractivity contribution < 1.29 is 22.7 Å². The van der Waals surface area contributed by atoms with Crippen LogP contribution in [0.2, 0.25) is 0 Å². The van der Waals surface area contributed by atoms with Gasteiger partial charge in [0.1, 0.15) is 18.3 Å². The number of benzene rings is 3. The summed E-state index contributed by atoms with van der Waals surface area (Å²) in [4.78, 5) is 28.6. The average Bonchev–Trinajstić information content (AvgIpc) is 2.90. The van der Waals surface area contributed by atoms with Gasteiger partial charge in [-0.2, -0.15) is 0 Å². The summed E-state index contributed by atoms with van der Waals surface area (Å²) in [7, 11) is -2.52. The minimum Gasteiger partial charge on any atom is -0.497 e. The smallest absolute Gasteiger partial charge is 0.264 e. The molecule has 208 valence electrons. The summed E-state index contributed by atoms with van der Waals surface area (Å²) < 4.78 is 33.8. The molecule has 0 spiro atoms. The van der Waals surface area contributed by atoms with Crippen LogP contribution in [0.3, 0.4) is 0 Å². The number of carbonyl (C=O) groups is 2. The largest absolute Gasteiger partial charge is 0.497 e. The van der Waals surface area contributed by atoms with Gasteiger partial charge in [-0.3, -0.25) is 13.9 Å². The second-order valence-electron chi connectivity index (χ2n) is 10.4. The van der Waals surface area contributed by atoms with E-state index in [1.54, 1.807) is 68.6 Å². The van der Waals surface area contributed by atoms with E-state index in [0.717, 1.165) is 15.4 Å². The third kappa shape index (κ3) is 7.83. The van der Waals surface area contributed by atoms with Crippen molar-refractivity contribution in [3.63, 3.8) is 0 Å². The molecule has 3 aromatic carbocycles. The highest BCUT2D eigenvalue weighted by Crippen LogP contribution is 2.25. The molecule has 0 heterocycles. The molecule has 0 aromatic heterocycles. The standard InChI is InChI=1S/C30H37N3O5S/c1-22-12-16-25(17-13-22)33(39(36,37)27-10-8-7-9-11-27)21-28(34)32(23(2)29(35)31-30(3,4)5)20-24-14-18-26(38-6)19-15-24/h7-19,23H,20-21H2,1-6H3,(H,31,35). The Kier molecular flexibility index (Phi) is 9.40. The van der Waals surface area contributed by atoms with Crippen LogP contribution in [0.5, 0.6) is 5.75 Å². The molecule has 0 fully saturated rings. The molecule has 1 atom stereocenters. The molecule has 0 aliphatic heterocycles. The number of nitrogens with one attached hydrogen (secondary N) is 1. The highest BCUT2D eigenvalue weighted by molar-refractivity contribution is 7.92. The van der Waals surface area contributed by atoms with Gasteiger partial charge in [0.2, 0.25) is 11.8 Å². The van der Waals surface area contributed by atoms with Crippen LogP contribution in [0.15, 0.2) is 83.8 Å². The lowest BCUT2D eigenvalue weighted by Crippen LogP contribution is -2.54. The monoisotopic (exact) mass is 551 g/mol. The van der Waals surface area contributed by atoms with Gasteiger partial charge in [-0.1, -0.05) is 48.0 Å². The summed E-state index contributed by atoms with van der Waals surface area (Å²) in [5, 5.41) is 2.92. The van der Waals surface area contributed by atoms with Crippen LogP contribution >= 0.6 is 0 Å². The van der Waals surface area contributed by atoms with Gasteiger partial charge in [0, 0.05) is 12.1 Å². The van der Waals surface area contributed by atoms with Crippen molar-refractivity contribution in [3.8, 4) is 5.75 Å². The third-order valence-corrected chi connectivity index (χ3v) is 7.90. The topological polar surface area (TPSA) is 96.0 Å². The molecule has 9 heteroatoms. The van der Waals surface area contributed by atoms with E-state index in [4.69, 9.17) is 4.74 Å². The number of rotatable bonds is 10. The van der Waals surface area contributed by atoms with Gasteiger partial charge in [0.15, 0.2) is 0 Å². The lowest BCUT2D eigenvalue weighted by Gasteiger charge is -2.33. The molecule has 0 radical (unpaired) electrons. The van der Waals surface area contributed by atoms with E-state index in [1.165, 1.54) is 17.0 Å². The van der Waals surface area contributed by atoms with E-state index in [1.807, 2.05) is 39.8 Å². The Morgan fingerprint density at radius 1 is 0.923 bits per heavy atom. The van der Waals surface area contributed by atoms with Crippen LogP contribution in [0.4, 0.5) is 5.69 Å². The molecule has 0 saturated heterocycles. The van der Waals surface area contributed by atoms with Crippen molar-refractivity contribution in [2.24, 2.45) is 0 Å². The summed E-state index contributed by atoms with van der Waals surface area (Å²) in [6.07, 6.45) is 0. The summed E-state index contributed by atoms with van der Waals surface area (Å²) in [5.74, 6) is -0.186. The zero-order valence-corrected chi connectivity index (χ0v) is 24.2. The van der Waals surface area contributed by atoms with Gasteiger partial charge in [-0.05, 0) is 76.6 Å². The molecule has 0 aliphatic carbocycles. The quantitative estimate of drug-likeness (QED) is 0.399. The summed E-state index contributed by atoms with van der Waals surface area (Å²) in [6, 6.07) is 21.2. The molecule has 1 N–H and O–H groups in total. The van der Waals surface area contributed by atoms with E-state index in [9.17, 15) is 18.0 Å². The van der Waals surface area contributed by atoms with Crippen molar-refractivity contribution in [3.05, 3.63) is 90.0 Å². The maximum absolute atomic E-state index is 13.9. The van der Waals surface area contributed by atoms with Gasteiger partial charge in [0.05, 0.1) is 17.7 Å². The minimum absolute atomic E-state index is 0.0682. The van der Waals surface area contributed by atoms with Gasteiger partial charge in [-0.15, -0.1) is 0 Å². The fourth-order valence-electron chi connectivity index (χ4n) is 3.94. The molecule has 8 nitrogen and oxygen atoms in total. The van der Waals surface area contributed by atoms with Crippen LogP contribution in [0, 0.1) is 6.92 Å². The number of methoxy groups -OCH3 is 1. The molecule has 0 bridgehead atoms. The highest BCUT2D eigenvalue weighted by Gasteiger charge is 2.33. The van der Waals surface area contributed by atoms with Crippen molar-refractivity contribution in [1.82, 2.24) is 10.2 Å². The summed E-state index contributed by atoms with van der Waals surface area (Å²) in [6.45, 7) is 8.75. The molecular weight excluding hydrogens is 514 g/mol. The van der Waals surface area contributed by atoms with Crippen LogP contribution in [-0.2, 0) is 26.2 Å². The third-order valence-electron chi connectivity index (χ3n) is 6.11. The number of ether oxygens (including phenoxy) is 1. The van der Waals surface area contributed by atoms with Crippen molar-refractivity contribution in [2.45, 2.75) is 57.6 Å². The Hall–Kier alpha value is -3.85. The maximum Gasteiger partial charge on any atom is 0.264 e. The zero-order chi connectivity index (χ0) is 28.8. The van der Waals surface area contributed by atoms with Gasteiger partial charge < -0.3 is 15.0 Å². The number of hydrogen-bond donors (Lipinski definition) is 1. The van der Waals surface area contributed by atoms with Crippen molar-refractivity contribution in [2.75, 3.05) is 18.0 Å². The van der Waals surface area contributed by atoms with Gasteiger partial charge in [0.25, 0.3) is 10.0 Å². The molecule has 2 amide bonds. The predicted molar refractivity (Wildman–Crippen MR) is 153 cm³/mol. The van der Waals surface area contributed by atoms with Crippen LogP contribution in [-0.4, -0.2) is 50.4 Å². The Morgan fingerprint density at radius 2 is 1.51 bits per heavy atom. The van der Waals surface area contributed by atoms with E-state index in [2.05, 4.69) is 5.32 Å². The Morgan fingerprint density at radius 3 is 2.05 bits per heavy atom. The number of aryl methyl sites for hydroxylation is 1. The van der Waals surface area contributed by atoms with E-state index in [0.29, 0.717) is 11.4 Å². The molecular formula is C30H37N3O5S. The van der Waals surface area contributed by atoms with Crippen molar-refractivity contribution >= 4 is 27.5 Å². The Bertz CT molecular complexity index is 1370. The lowest BCUT2D eigenvalue weighted by molar-refractivity contribution is -0.140. The first-order valence-corrected chi connectivity index (χ1v) is 14.1. The van der Waals surface area contributed by atoms with Crippen LogP contribution in [0.25, 0.3) is 0 Å². The van der Waals surface area contributed by atoms with Crippen molar-refractivity contribution in [1.29, 1.82) is 0 Å². The molecule has 1 unspecified atom stereocenters. The normalized spacial score (nSPS) is 12.4. The van der Waals surface area contributed by atoms with E-state index >= 15 is 0 Å². The number of sulfonamides is 1. The van der Waals surface area contributed by atoms with Gasteiger partial charge in [-0.25, -0.2) is 8.42 Å². The highest BCUT2D eigenvalue weighted by atomic mass is 32.2. The lowest BCUT2D eigenvalue weighted by atomic mass is 10.1. The fourth-order valence-corrected chi connectivity index (χ4v) is 5.38. The molecule has 39 heavy (non-hydrogen) atoms. The second kappa shape index (κ2) is 12.3. The first-order chi connectivity index (χ1) is 18.3. The van der Waals surface area contributed by atoms with E-state index in [-0.39, 0.29) is 17.3 Å². The second-order valence-corrected chi connectivity index (χ2v) is 12.3. The Labute approximate surface area is 231 Å². The molecule has 3 aromatic rings. The number of amides is 2. The Balaban J connectivity index is 2.01.